The van der Waals surface area contributed by atoms with Gasteiger partial charge in [-0.1, -0.05) is 18.2 Å². The van der Waals surface area contributed by atoms with Gasteiger partial charge in [0.1, 0.15) is 5.69 Å². The summed E-state index contributed by atoms with van der Waals surface area (Å²) in [6.45, 7) is 4.15. The van der Waals surface area contributed by atoms with Crippen LogP contribution in [-0.2, 0) is 18.4 Å². The Balaban J connectivity index is 1.60. The van der Waals surface area contributed by atoms with Crippen LogP contribution in [0.2, 0.25) is 0 Å². The van der Waals surface area contributed by atoms with Crippen LogP contribution in [0, 0.1) is 13.8 Å². The van der Waals surface area contributed by atoms with E-state index in [1.165, 1.54) is 0 Å². The van der Waals surface area contributed by atoms with E-state index in [4.69, 9.17) is 4.74 Å². The SMILES string of the molecule is Cc1nn(C)c(C)c1OCC(=O)NCc1ccccc1-n1ccnc1. The predicted molar refractivity (Wildman–Crippen MR) is 93.6 cm³/mol. The standard InChI is InChI=1S/C18H21N5O2/c1-13-18(14(2)22(3)21-13)25-11-17(24)20-10-15-6-4-5-7-16(15)23-9-8-19-12-23/h4-9,12H,10-11H2,1-3H3,(H,20,24). The minimum Gasteiger partial charge on any atom is -0.480 e. The van der Waals surface area contributed by atoms with Crippen LogP contribution in [0.4, 0.5) is 0 Å². The molecule has 0 atom stereocenters. The molecule has 2 aromatic heterocycles. The maximum Gasteiger partial charge on any atom is 0.258 e. The Morgan fingerprint density at radius 3 is 2.76 bits per heavy atom. The highest BCUT2D eigenvalue weighted by Gasteiger charge is 2.13. The number of ether oxygens (including phenoxy) is 1. The Labute approximate surface area is 146 Å². The maximum atomic E-state index is 12.1. The molecule has 0 radical (unpaired) electrons. The number of para-hydroxylation sites is 1. The van der Waals surface area contributed by atoms with E-state index in [1.807, 2.05) is 55.9 Å². The highest BCUT2D eigenvalue weighted by Crippen LogP contribution is 2.21. The van der Waals surface area contributed by atoms with Crippen molar-refractivity contribution in [1.82, 2.24) is 24.6 Å². The first-order chi connectivity index (χ1) is 12.1. The van der Waals surface area contributed by atoms with Crippen LogP contribution in [0.5, 0.6) is 5.75 Å². The van der Waals surface area contributed by atoms with Crippen molar-refractivity contribution in [2.45, 2.75) is 20.4 Å². The topological polar surface area (TPSA) is 74.0 Å². The molecule has 0 saturated carbocycles. The van der Waals surface area contributed by atoms with Gasteiger partial charge in [-0.25, -0.2) is 4.98 Å². The van der Waals surface area contributed by atoms with Crippen molar-refractivity contribution in [3.8, 4) is 11.4 Å². The average Bonchev–Trinajstić information content (AvgIpc) is 3.21. The zero-order chi connectivity index (χ0) is 17.8. The number of imidazole rings is 1. The molecule has 2 heterocycles. The zero-order valence-corrected chi connectivity index (χ0v) is 14.6. The normalized spacial score (nSPS) is 10.7. The number of carbonyl (C=O) groups is 1. The van der Waals surface area contributed by atoms with Gasteiger partial charge in [0.2, 0.25) is 0 Å². The lowest BCUT2D eigenvalue weighted by molar-refractivity contribution is -0.123. The molecule has 0 spiro atoms. The van der Waals surface area contributed by atoms with Gasteiger partial charge in [0.15, 0.2) is 12.4 Å². The number of aromatic nitrogens is 4. The molecule has 0 bridgehead atoms. The molecule has 25 heavy (non-hydrogen) atoms. The molecule has 7 heteroatoms. The number of hydrogen-bond donors (Lipinski definition) is 1. The Kier molecular flexibility index (Phi) is 4.83. The maximum absolute atomic E-state index is 12.1. The lowest BCUT2D eigenvalue weighted by Gasteiger charge is -2.12. The van der Waals surface area contributed by atoms with Crippen molar-refractivity contribution in [2.75, 3.05) is 6.61 Å². The van der Waals surface area contributed by atoms with Crippen molar-refractivity contribution < 1.29 is 9.53 Å². The van der Waals surface area contributed by atoms with E-state index in [9.17, 15) is 4.79 Å². The molecule has 0 saturated heterocycles. The molecule has 3 aromatic rings. The van der Waals surface area contributed by atoms with Gasteiger partial charge >= 0.3 is 0 Å². The molecule has 0 fully saturated rings. The first-order valence-electron chi connectivity index (χ1n) is 8.02. The Morgan fingerprint density at radius 2 is 2.08 bits per heavy atom. The molecule has 0 aliphatic carbocycles. The van der Waals surface area contributed by atoms with Crippen molar-refractivity contribution >= 4 is 5.91 Å². The van der Waals surface area contributed by atoms with Gasteiger partial charge in [0.25, 0.3) is 5.91 Å². The fourth-order valence-electron chi connectivity index (χ4n) is 2.66. The molecule has 3 rings (SSSR count). The number of amides is 1. The minimum atomic E-state index is -0.178. The van der Waals surface area contributed by atoms with Gasteiger partial charge in [-0.2, -0.15) is 5.10 Å². The van der Waals surface area contributed by atoms with Crippen LogP contribution < -0.4 is 10.1 Å². The molecule has 130 valence electrons. The van der Waals surface area contributed by atoms with Crippen LogP contribution in [0.1, 0.15) is 17.0 Å². The van der Waals surface area contributed by atoms with Crippen LogP contribution in [0.3, 0.4) is 0 Å². The fourth-order valence-corrected chi connectivity index (χ4v) is 2.66. The Bertz CT molecular complexity index is 868. The number of rotatable bonds is 6. The molecular formula is C18H21N5O2. The van der Waals surface area contributed by atoms with Gasteiger partial charge in [-0.3, -0.25) is 9.48 Å². The molecular weight excluding hydrogens is 318 g/mol. The average molecular weight is 339 g/mol. The van der Waals surface area contributed by atoms with Gasteiger partial charge in [-0.05, 0) is 25.5 Å². The number of aryl methyl sites for hydroxylation is 2. The summed E-state index contributed by atoms with van der Waals surface area (Å²) in [4.78, 5) is 16.2. The number of nitrogens with zero attached hydrogens (tertiary/aromatic N) is 4. The Hall–Kier alpha value is -3.09. The van der Waals surface area contributed by atoms with Crippen molar-refractivity contribution in [2.24, 2.45) is 7.05 Å². The van der Waals surface area contributed by atoms with Crippen molar-refractivity contribution in [1.29, 1.82) is 0 Å². The third-order valence-corrected chi connectivity index (χ3v) is 4.04. The summed E-state index contributed by atoms with van der Waals surface area (Å²) >= 11 is 0. The van der Waals surface area contributed by atoms with Crippen LogP contribution >= 0.6 is 0 Å². The van der Waals surface area contributed by atoms with E-state index >= 15 is 0 Å². The summed E-state index contributed by atoms with van der Waals surface area (Å²) in [5.41, 5.74) is 3.66. The first kappa shape index (κ1) is 16.8. The molecule has 0 aliphatic heterocycles. The summed E-state index contributed by atoms with van der Waals surface area (Å²) < 4.78 is 9.29. The molecule has 7 nitrogen and oxygen atoms in total. The molecule has 0 unspecified atom stereocenters. The quantitative estimate of drug-likeness (QED) is 0.744. The lowest BCUT2D eigenvalue weighted by atomic mass is 10.1. The second kappa shape index (κ2) is 7.21. The summed E-state index contributed by atoms with van der Waals surface area (Å²) in [5.74, 6) is 0.486. The smallest absolute Gasteiger partial charge is 0.258 e. The molecule has 1 aromatic carbocycles. The number of nitrogens with one attached hydrogen (secondary N) is 1. The predicted octanol–water partition coefficient (Wildman–Crippen LogP) is 1.92. The largest absolute Gasteiger partial charge is 0.480 e. The van der Waals surface area contributed by atoms with Gasteiger partial charge in [-0.15, -0.1) is 0 Å². The van der Waals surface area contributed by atoms with Gasteiger partial charge < -0.3 is 14.6 Å². The van der Waals surface area contributed by atoms with Crippen molar-refractivity contribution in [3.05, 3.63) is 59.9 Å². The molecule has 0 aliphatic rings. The zero-order valence-electron chi connectivity index (χ0n) is 14.6. The third kappa shape index (κ3) is 3.71. The second-order valence-corrected chi connectivity index (χ2v) is 5.79. The monoisotopic (exact) mass is 339 g/mol. The highest BCUT2D eigenvalue weighted by molar-refractivity contribution is 5.77. The van der Waals surface area contributed by atoms with E-state index in [0.29, 0.717) is 12.3 Å². The van der Waals surface area contributed by atoms with E-state index in [1.54, 1.807) is 17.2 Å². The minimum absolute atomic E-state index is 0.0411. The van der Waals surface area contributed by atoms with Crippen LogP contribution in [0.15, 0.2) is 43.0 Å². The van der Waals surface area contributed by atoms with E-state index in [0.717, 1.165) is 22.6 Å². The lowest BCUT2D eigenvalue weighted by Crippen LogP contribution is -2.29. The summed E-state index contributed by atoms with van der Waals surface area (Å²) in [6, 6.07) is 7.87. The van der Waals surface area contributed by atoms with Gasteiger partial charge in [0, 0.05) is 26.0 Å². The Morgan fingerprint density at radius 1 is 1.28 bits per heavy atom. The summed E-state index contributed by atoms with van der Waals surface area (Å²) in [5, 5.41) is 7.17. The fraction of sp³-hybridized carbons (Fsp3) is 0.278. The van der Waals surface area contributed by atoms with Crippen molar-refractivity contribution in [3.63, 3.8) is 0 Å². The van der Waals surface area contributed by atoms with E-state index < -0.39 is 0 Å². The highest BCUT2D eigenvalue weighted by atomic mass is 16.5. The second-order valence-electron chi connectivity index (χ2n) is 5.79. The number of carbonyl (C=O) groups excluding carboxylic acids is 1. The molecule has 1 amide bonds. The van der Waals surface area contributed by atoms with E-state index in [2.05, 4.69) is 15.4 Å². The summed E-state index contributed by atoms with van der Waals surface area (Å²) in [7, 11) is 1.85. The third-order valence-electron chi connectivity index (χ3n) is 4.04. The first-order valence-corrected chi connectivity index (χ1v) is 8.02. The van der Waals surface area contributed by atoms with Gasteiger partial charge in [0.05, 0.1) is 17.7 Å². The van der Waals surface area contributed by atoms with Crippen LogP contribution in [-0.4, -0.2) is 31.8 Å². The number of hydrogen-bond acceptors (Lipinski definition) is 4. The number of benzene rings is 1. The molecule has 1 N–H and O–H groups in total. The van der Waals surface area contributed by atoms with E-state index in [-0.39, 0.29) is 12.5 Å². The van der Waals surface area contributed by atoms with Crippen LogP contribution in [0.25, 0.3) is 5.69 Å². The summed E-state index contributed by atoms with van der Waals surface area (Å²) in [6.07, 6.45) is 5.33.